The first kappa shape index (κ1) is 21.5. The number of carbonyl (C=O) groups is 1. The number of rotatable bonds is 7. The van der Waals surface area contributed by atoms with E-state index in [-0.39, 0.29) is 13.1 Å². The molecule has 1 saturated heterocycles. The Morgan fingerprint density at radius 3 is 2.78 bits per heavy atom. The zero-order chi connectivity index (χ0) is 20.1. The lowest BCUT2D eigenvalue weighted by Crippen LogP contribution is -2.39. The van der Waals surface area contributed by atoms with Crippen molar-refractivity contribution in [3.8, 4) is 0 Å². The van der Waals surface area contributed by atoms with Crippen molar-refractivity contribution in [2.75, 3.05) is 19.6 Å². The van der Waals surface area contributed by atoms with Gasteiger partial charge >= 0.3 is 12.2 Å². The van der Waals surface area contributed by atoms with Gasteiger partial charge < -0.3 is 5.32 Å². The summed E-state index contributed by atoms with van der Waals surface area (Å²) < 4.78 is 64.6. The molecule has 0 spiro atoms. The Morgan fingerprint density at radius 1 is 1.37 bits per heavy atom. The van der Waals surface area contributed by atoms with Gasteiger partial charge in [0.1, 0.15) is 6.10 Å². The summed E-state index contributed by atoms with van der Waals surface area (Å²) in [5, 5.41) is 2.58. The van der Waals surface area contributed by atoms with Gasteiger partial charge in [-0.2, -0.15) is 17.5 Å². The molecule has 1 heterocycles. The van der Waals surface area contributed by atoms with E-state index in [1.807, 2.05) is 6.92 Å². The molecule has 1 atom stereocenters. The van der Waals surface area contributed by atoms with E-state index in [1.165, 1.54) is 0 Å². The molecule has 0 aliphatic carbocycles. The third-order valence-electron chi connectivity index (χ3n) is 4.04. The second-order valence-corrected chi connectivity index (χ2v) is 8.07. The second-order valence-electron chi connectivity index (χ2n) is 6.13. The molecule has 2 amide bonds. The summed E-state index contributed by atoms with van der Waals surface area (Å²) in [6.07, 6.45) is -3.15. The van der Waals surface area contributed by atoms with Crippen molar-refractivity contribution in [1.82, 2.24) is 15.1 Å². The van der Waals surface area contributed by atoms with E-state index < -0.39 is 38.8 Å². The van der Waals surface area contributed by atoms with Gasteiger partial charge in [-0.1, -0.05) is 19.4 Å². The molecule has 1 aromatic carbocycles. The Balaban J connectivity index is 1.95. The van der Waals surface area contributed by atoms with Crippen LogP contribution in [0.15, 0.2) is 29.2 Å². The normalized spacial score (nSPS) is 18.4. The predicted octanol–water partition coefficient (Wildman–Crippen LogP) is 2.50. The van der Waals surface area contributed by atoms with Crippen molar-refractivity contribution in [2.24, 2.45) is 0 Å². The molecule has 11 heteroatoms. The molecule has 0 saturated carbocycles. The maximum atomic E-state index is 12.8. The molecule has 0 unspecified atom stereocenters. The lowest BCUT2D eigenvalue weighted by Gasteiger charge is -2.18. The number of alkyl halides is 3. The number of unbranched alkanes of at least 4 members (excludes halogenated alkanes) is 1. The van der Waals surface area contributed by atoms with Crippen LogP contribution in [0.5, 0.6) is 0 Å². The molecular formula is C16H22F3N3O4S. The van der Waals surface area contributed by atoms with Gasteiger partial charge in [-0.15, -0.1) is 0 Å². The van der Waals surface area contributed by atoms with Crippen LogP contribution in [0, 0.1) is 0 Å². The van der Waals surface area contributed by atoms with Crippen LogP contribution in [0.4, 0.5) is 18.0 Å². The topological polar surface area (TPSA) is 87.7 Å². The fourth-order valence-corrected chi connectivity index (χ4v) is 4.08. The molecule has 2 N–H and O–H groups in total. The summed E-state index contributed by atoms with van der Waals surface area (Å²) in [5.74, 6) is 0. The first-order valence-electron chi connectivity index (χ1n) is 8.51. The molecule has 152 valence electrons. The van der Waals surface area contributed by atoms with Gasteiger partial charge in [-0.05, 0) is 31.0 Å². The van der Waals surface area contributed by atoms with E-state index in [4.69, 9.17) is 4.84 Å². The van der Waals surface area contributed by atoms with E-state index in [1.54, 1.807) is 0 Å². The number of urea groups is 1. The highest BCUT2D eigenvalue weighted by molar-refractivity contribution is 7.89. The van der Waals surface area contributed by atoms with Crippen LogP contribution in [-0.4, -0.2) is 44.5 Å². The summed E-state index contributed by atoms with van der Waals surface area (Å²) in [7, 11) is -4.09. The first-order chi connectivity index (χ1) is 12.6. The molecular weight excluding hydrogens is 387 g/mol. The monoisotopic (exact) mass is 409 g/mol. The van der Waals surface area contributed by atoms with Gasteiger partial charge in [-0.25, -0.2) is 18.7 Å². The quantitative estimate of drug-likeness (QED) is 0.535. The van der Waals surface area contributed by atoms with Gasteiger partial charge in [0.2, 0.25) is 10.0 Å². The van der Waals surface area contributed by atoms with Gasteiger partial charge in [0, 0.05) is 19.6 Å². The molecule has 1 aliphatic heterocycles. The Labute approximate surface area is 155 Å². The van der Waals surface area contributed by atoms with Crippen LogP contribution < -0.4 is 10.8 Å². The zero-order valence-corrected chi connectivity index (χ0v) is 15.6. The van der Waals surface area contributed by atoms with E-state index in [0.29, 0.717) is 19.0 Å². The van der Waals surface area contributed by atoms with Gasteiger partial charge in [0.25, 0.3) is 0 Å². The Kier molecular flexibility index (Phi) is 7.06. The number of amides is 2. The number of benzene rings is 1. The number of hydroxylamine groups is 1. The van der Waals surface area contributed by atoms with Crippen molar-refractivity contribution in [2.45, 2.75) is 43.4 Å². The van der Waals surface area contributed by atoms with Gasteiger partial charge in [-0.3, -0.25) is 4.84 Å². The standard InChI is InChI=1S/C16H22F3N3O4S/c1-2-3-8-20-15(23)21-26-13-7-9-22(11-13)27(24,25)14-6-4-5-12(10-14)16(17,18)19/h4-6,10,13H,2-3,7-9,11H2,1H3,(H2,20,21,23)/t13-/m1/s1. The van der Waals surface area contributed by atoms with E-state index in [2.05, 4.69) is 10.8 Å². The predicted molar refractivity (Wildman–Crippen MR) is 91.1 cm³/mol. The largest absolute Gasteiger partial charge is 0.416 e. The van der Waals surface area contributed by atoms with Gasteiger partial charge in [0.15, 0.2) is 0 Å². The third kappa shape index (κ3) is 5.81. The number of carbonyl (C=O) groups excluding carboxylic acids is 1. The molecule has 7 nitrogen and oxygen atoms in total. The van der Waals surface area contributed by atoms with Crippen LogP contribution in [0.1, 0.15) is 31.7 Å². The summed E-state index contributed by atoms with van der Waals surface area (Å²) in [4.78, 5) is 16.3. The fraction of sp³-hybridized carbons (Fsp3) is 0.562. The lowest BCUT2D eigenvalue weighted by atomic mass is 10.2. The number of nitrogens with one attached hydrogen (secondary N) is 2. The third-order valence-corrected chi connectivity index (χ3v) is 5.90. The van der Waals surface area contributed by atoms with Crippen molar-refractivity contribution < 1.29 is 31.2 Å². The van der Waals surface area contributed by atoms with Crippen LogP contribution in [0.25, 0.3) is 0 Å². The van der Waals surface area contributed by atoms with Gasteiger partial charge in [0.05, 0.1) is 10.5 Å². The van der Waals surface area contributed by atoms with Crippen LogP contribution >= 0.6 is 0 Å². The summed E-state index contributed by atoms with van der Waals surface area (Å²) in [6, 6.07) is 3.08. The Morgan fingerprint density at radius 2 is 2.11 bits per heavy atom. The number of hydrogen-bond donors (Lipinski definition) is 2. The number of nitrogens with zero attached hydrogens (tertiary/aromatic N) is 1. The lowest BCUT2D eigenvalue weighted by molar-refractivity contribution is -0.137. The molecule has 27 heavy (non-hydrogen) atoms. The van der Waals surface area contributed by atoms with Crippen LogP contribution in [0.2, 0.25) is 0 Å². The Hall–Kier alpha value is -1.85. The number of sulfonamides is 1. The minimum atomic E-state index is -4.63. The molecule has 2 rings (SSSR count). The highest BCUT2D eigenvalue weighted by Crippen LogP contribution is 2.31. The zero-order valence-electron chi connectivity index (χ0n) is 14.8. The van der Waals surface area contributed by atoms with Crippen molar-refractivity contribution in [3.63, 3.8) is 0 Å². The second kappa shape index (κ2) is 8.89. The summed E-state index contributed by atoms with van der Waals surface area (Å²) in [6.45, 7) is 2.50. The van der Waals surface area contributed by atoms with Crippen molar-refractivity contribution in [1.29, 1.82) is 0 Å². The van der Waals surface area contributed by atoms with Crippen molar-refractivity contribution >= 4 is 16.1 Å². The number of halogens is 3. The smallest absolute Gasteiger partial charge is 0.336 e. The fourth-order valence-electron chi connectivity index (χ4n) is 2.55. The van der Waals surface area contributed by atoms with E-state index >= 15 is 0 Å². The maximum Gasteiger partial charge on any atom is 0.416 e. The Bertz CT molecular complexity index is 756. The van der Waals surface area contributed by atoms with Crippen LogP contribution in [0.3, 0.4) is 0 Å². The highest BCUT2D eigenvalue weighted by Gasteiger charge is 2.36. The van der Waals surface area contributed by atoms with E-state index in [9.17, 15) is 26.4 Å². The van der Waals surface area contributed by atoms with E-state index in [0.717, 1.165) is 35.3 Å². The average Bonchev–Trinajstić information content (AvgIpc) is 3.09. The first-order valence-corrected chi connectivity index (χ1v) is 9.95. The summed E-state index contributed by atoms with van der Waals surface area (Å²) in [5.41, 5.74) is 1.18. The van der Waals surface area contributed by atoms with Crippen LogP contribution in [-0.2, 0) is 21.0 Å². The van der Waals surface area contributed by atoms with Crippen molar-refractivity contribution in [3.05, 3.63) is 29.8 Å². The molecule has 1 aliphatic rings. The minimum absolute atomic E-state index is 0.0617. The molecule has 0 aromatic heterocycles. The molecule has 1 fully saturated rings. The molecule has 0 bridgehead atoms. The molecule has 1 aromatic rings. The highest BCUT2D eigenvalue weighted by atomic mass is 32.2. The number of hydrogen-bond acceptors (Lipinski definition) is 4. The maximum absolute atomic E-state index is 12.8. The minimum Gasteiger partial charge on any atom is -0.336 e. The summed E-state index contributed by atoms with van der Waals surface area (Å²) >= 11 is 0. The SMILES string of the molecule is CCCCNC(=O)NO[C@@H]1CCN(S(=O)(=O)c2cccc(C(F)(F)F)c2)C1. The average molecular weight is 409 g/mol. The molecule has 0 radical (unpaired) electrons.